The topological polar surface area (TPSA) is 70.6 Å². The number of nitrogens with one attached hydrogen (secondary N) is 1. The third-order valence-electron chi connectivity index (χ3n) is 2.47. The number of rotatable bonds is 3. The van der Waals surface area contributed by atoms with E-state index >= 15 is 0 Å². The number of hydrogen-bond acceptors (Lipinski definition) is 4. The molecule has 1 aromatic rings. The van der Waals surface area contributed by atoms with Gasteiger partial charge in [-0.25, -0.2) is 0 Å². The molecule has 0 radical (unpaired) electrons. The predicted octanol–water partition coefficient (Wildman–Crippen LogP) is -2.11. The maximum Gasteiger partial charge on any atom is 1.00 e. The van der Waals surface area contributed by atoms with Gasteiger partial charge in [0.05, 0.1) is 19.6 Å². The van der Waals surface area contributed by atoms with Gasteiger partial charge in [-0.3, -0.25) is 4.79 Å². The summed E-state index contributed by atoms with van der Waals surface area (Å²) in [7, 11) is 0. The minimum Gasteiger partial charge on any atom is -0.759 e. The quantitative estimate of drug-likeness (QED) is 0.499. The van der Waals surface area contributed by atoms with Gasteiger partial charge < -0.3 is 20.2 Å². The Kier molecular flexibility index (Phi) is 6.25. The van der Waals surface area contributed by atoms with Crippen molar-refractivity contribution < 1.29 is 65.7 Å². The van der Waals surface area contributed by atoms with Gasteiger partial charge in [-0.15, -0.1) is 0 Å². The minimum absolute atomic E-state index is 0. The molecule has 0 bridgehead atoms. The van der Waals surface area contributed by atoms with Gasteiger partial charge in [0.2, 0.25) is 11.7 Å². The van der Waals surface area contributed by atoms with Crippen LogP contribution in [0.5, 0.6) is 0 Å². The molecule has 1 aliphatic heterocycles. The van der Waals surface area contributed by atoms with Crippen molar-refractivity contribution in [3.05, 3.63) is 41.1 Å². The summed E-state index contributed by atoms with van der Waals surface area (Å²) < 4.78 is 11.0. The zero-order chi connectivity index (χ0) is 11.4. The molecule has 1 aliphatic rings. The van der Waals surface area contributed by atoms with E-state index in [1.165, 1.54) is 5.48 Å². The molecular weight excluding hydrogens is 249 g/mol. The second-order valence-corrected chi connectivity index (χ2v) is 3.52. The molecule has 0 atom stereocenters. The van der Waals surface area contributed by atoms with Gasteiger partial charge >= 0.3 is 51.4 Å². The molecule has 0 aliphatic carbocycles. The zero-order valence-corrected chi connectivity index (χ0v) is 12.8. The number of ether oxygens (including phenoxy) is 2. The monoisotopic (exact) mass is 261 g/mol. The fourth-order valence-electron chi connectivity index (χ4n) is 1.77. The molecule has 0 aromatic heterocycles. The summed E-state index contributed by atoms with van der Waals surface area (Å²) >= 11 is 0. The summed E-state index contributed by atoms with van der Waals surface area (Å²) in [6.07, 6.45) is -0.124. The molecule has 1 saturated heterocycles. The first-order valence-corrected chi connectivity index (χ1v) is 5.01. The number of carbonyl (C=O) groups is 1. The number of carbonyl (C=O) groups excluding carboxylic acids is 1. The molecular formula is C11H12KNO4. The Bertz CT molecular complexity index is 365. The van der Waals surface area contributed by atoms with E-state index in [4.69, 9.17) is 9.47 Å². The summed E-state index contributed by atoms with van der Waals surface area (Å²) in [5.74, 6) is -1.75. The van der Waals surface area contributed by atoms with Crippen molar-refractivity contribution in [3.63, 3.8) is 0 Å². The Labute approximate surface area is 142 Å². The van der Waals surface area contributed by atoms with Crippen molar-refractivity contribution in [2.45, 2.75) is 12.2 Å². The molecule has 1 fully saturated rings. The largest absolute Gasteiger partial charge is 1.00 e. The van der Waals surface area contributed by atoms with E-state index in [-0.39, 0.29) is 57.8 Å². The van der Waals surface area contributed by atoms with E-state index in [2.05, 4.69) is 0 Å². The van der Waals surface area contributed by atoms with Crippen LogP contribution in [0.25, 0.3) is 0 Å². The van der Waals surface area contributed by atoms with E-state index in [0.717, 1.165) is 5.56 Å². The minimum atomic E-state index is -1.10. The molecule has 1 N–H and O–H groups in total. The van der Waals surface area contributed by atoms with E-state index in [9.17, 15) is 10.0 Å². The first-order valence-electron chi connectivity index (χ1n) is 5.01. The Hall–Kier alpha value is 0.206. The average Bonchev–Trinajstić information content (AvgIpc) is 2.80. The second kappa shape index (κ2) is 6.96. The van der Waals surface area contributed by atoms with Gasteiger partial charge in [0.25, 0.3) is 0 Å². The van der Waals surface area contributed by atoms with Gasteiger partial charge in [-0.1, -0.05) is 30.3 Å². The van der Waals surface area contributed by atoms with E-state index in [1.54, 1.807) is 0 Å². The smallest absolute Gasteiger partial charge is 0.759 e. The maximum absolute atomic E-state index is 11.2. The molecule has 86 valence electrons. The predicted molar refractivity (Wildman–Crippen MR) is 56.2 cm³/mol. The van der Waals surface area contributed by atoms with Crippen molar-refractivity contribution in [1.82, 2.24) is 5.48 Å². The van der Waals surface area contributed by atoms with Crippen LogP contribution in [0, 0.1) is 5.21 Å². The Morgan fingerprint density at radius 1 is 1.29 bits per heavy atom. The van der Waals surface area contributed by atoms with E-state index in [0.29, 0.717) is 13.2 Å². The van der Waals surface area contributed by atoms with Crippen LogP contribution in [0.4, 0.5) is 0 Å². The SMILES string of the molecule is O=C(CC1(c2ccccc2)OCCO1)N[O-].[K+]. The third kappa shape index (κ3) is 3.58. The number of amides is 1. The molecule has 1 amide bonds. The van der Waals surface area contributed by atoms with Crippen LogP contribution in [0.15, 0.2) is 30.3 Å². The first kappa shape index (κ1) is 15.3. The first-order chi connectivity index (χ1) is 7.77. The number of hydrogen-bond donors (Lipinski definition) is 1. The summed E-state index contributed by atoms with van der Waals surface area (Å²) in [6.45, 7) is 0.835. The van der Waals surface area contributed by atoms with Crippen molar-refractivity contribution in [2.75, 3.05) is 13.2 Å². The van der Waals surface area contributed by atoms with Gasteiger partial charge in [0, 0.05) is 5.56 Å². The van der Waals surface area contributed by atoms with Crippen molar-refractivity contribution >= 4 is 5.91 Å². The fraction of sp³-hybridized carbons (Fsp3) is 0.364. The van der Waals surface area contributed by atoms with Crippen LogP contribution in [0.2, 0.25) is 0 Å². The van der Waals surface area contributed by atoms with Crippen LogP contribution in [-0.4, -0.2) is 19.1 Å². The summed E-state index contributed by atoms with van der Waals surface area (Å²) in [6, 6.07) is 9.14. The Morgan fingerprint density at radius 2 is 1.88 bits per heavy atom. The van der Waals surface area contributed by atoms with E-state index in [1.807, 2.05) is 30.3 Å². The van der Waals surface area contributed by atoms with E-state index < -0.39 is 11.7 Å². The molecule has 0 spiro atoms. The summed E-state index contributed by atoms with van der Waals surface area (Å²) in [4.78, 5) is 11.2. The molecule has 5 nitrogen and oxygen atoms in total. The van der Waals surface area contributed by atoms with Crippen LogP contribution in [0.1, 0.15) is 12.0 Å². The molecule has 2 rings (SSSR count). The maximum atomic E-state index is 11.2. The molecule has 0 unspecified atom stereocenters. The molecule has 0 saturated carbocycles. The zero-order valence-electron chi connectivity index (χ0n) is 9.64. The van der Waals surface area contributed by atoms with Crippen LogP contribution >= 0.6 is 0 Å². The molecule has 1 aromatic carbocycles. The normalized spacial score (nSPS) is 17.2. The molecule has 6 heteroatoms. The van der Waals surface area contributed by atoms with Crippen LogP contribution in [0.3, 0.4) is 0 Å². The standard InChI is InChI=1S/C11H12NO4.K/c13-10(12-14)8-11(15-6-7-16-11)9-4-2-1-3-5-9;/h1-5H,6-8H2,(H-,12,13,14);/q-1;+1. The third-order valence-corrected chi connectivity index (χ3v) is 2.47. The van der Waals surface area contributed by atoms with Crippen LogP contribution < -0.4 is 56.9 Å². The average molecular weight is 261 g/mol. The summed E-state index contributed by atoms with van der Waals surface area (Å²) in [5.41, 5.74) is 2.08. The number of hydroxylamine groups is 1. The van der Waals surface area contributed by atoms with Crippen molar-refractivity contribution in [1.29, 1.82) is 0 Å². The van der Waals surface area contributed by atoms with Crippen LogP contribution in [-0.2, 0) is 20.1 Å². The summed E-state index contributed by atoms with van der Waals surface area (Å²) in [5, 5.41) is 10.3. The number of benzene rings is 1. The fourth-order valence-corrected chi connectivity index (χ4v) is 1.77. The van der Waals surface area contributed by atoms with Crippen molar-refractivity contribution in [2.24, 2.45) is 0 Å². The molecule has 17 heavy (non-hydrogen) atoms. The van der Waals surface area contributed by atoms with Crippen molar-refractivity contribution in [3.8, 4) is 0 Å². The molecule has 1 heterocycles. The second-order valence-electron chi connectivity index (χ2n) is 3.52. The Morgan fingerprint density at radius 3 is 2.41 bits per heavy atom. The van der Waals surface area contributed by atoms with Gasteiger partial charge in [-0.05, 0) is 0 Å². The van der Waals surface area contributed by atoms with Gasteiger partial charge in [-0.2, -0.15) is 0 Å². The Balaban J connectivity index is 0.00000144. The van der Waals surface area contributed by atoms with Gasteiger partial charge in [0.15, 0.2) is 0 Å². The van der Waals surface area contributed by atoms with Gasteiger partial charge in [0.1, 0.15) is 0 Å².